The molecule has 0 aliphatic heterocycles. The molecular formula is C11H13ClO3. The first-order valence-corrected chi connectivity index (χ1v) is 4.92. The van der Waals surface area contributed by atoms with Gasteiger partial charge in [0.1, 0.15) is 5.75 Å². The fourth-order valence-corrected chi connectivity index (χ4v) is 1.71. The minimum atomic E-state index is -0.899. The van der Waals surface area contributed by atoms with Gasteiger partial charge >= 0.3 is 5.97 Å². The van der Waals surface area contributed by atoms with Gasteiger partial charge in [-0.05, 0) is 31.0 Å². The molecule has 0 aliphatic carbocycles. The summed E-state index contributed by atoms with van der Waals surface area (Å²) >= 11 is 6.03. The first-order valence-electron chi connectivity index (χ1n) is 4.54. The van der Waals surface area contributed by atoms with Gasteiger partial charge in [-0.2, -0.15) is 0 Å². The number of methoxy groups -OCH3 is 1. The lowest BCUT2D eigenvalue weighted by Gasteiger charge is -2.13. The van der Waals surface area contributed by atoms with Crippen LogP contribution in [0.1, 0.15) is 24.0 Å². The summed E-state index contributed by atoms with van der Waals surface area (Å²) in [5.41, 5.74) is 1.51. The van der Waals surface area contributed by atoms with E-state index in [1.54, 1.807) is 19.1 Å². The Labute approximate surface area is 93.6 Å². The molecule has 0 heterocycles. The first-order chi connectivity index (χ1) is 6.97. The maximum absolute atomic E-state index is 10.9. The van der Waals surface area contributed by atoms with Gasteiger partial charge in [-0.25, -0.2) is 0 Å². The number of aryl methyl sites for hydroxylation is 1. The van der Waals surface area contributed by atoms with Crippen LogP contribution in [0.4, 0.5) is 0 Å². The fraction of sp³-hybridized carbons (Fsp3) is 0.364. The normalized spacial score (nSPS) is 12.3. The standard InChI is InChI=1S/C11H13ClO3/c1-6-4-8(7(2)11(13)14)10(12)9(5-6)15-3/h4-5,7H,1-3H3,(H,13,14). The van der Waals surface area contributed by atoms with Gasteiger partial charge < -0.3 is 9.84 Å². The van der Waals surface area contributed by atoms with E-state index >= 15 is 0 Å². The zero-order valence-corrected chi connectivity index (χ0v) is 9.63. The molecule has 1 atom stereocenters. The summed E-state index contributed by atoms with van der Waals surface area (Å²) in [6.07, 6.45) is 0. The van der Waals surface area contributed by atoms with Crippen LogP contribution in [0.5, 0.6) is 5.75 Å². The molecule has 1 N–H and O–H groups in total. The Bertz CT molecular complexity index is 388. The average molecular weight is 229 g/mol. The van der Waals surface area contributed by atoms with Crippen LogP contribution in [0.15, 0.2) is 12.1 Å². The third-order valence-electron chi connectivity index (χ3n) is 2.27. The van der Waals surface area contributed by atoms with Crippen molar-refractivity contribution in [3.05, 3.63) is 28.3 Å². The van der Waals surface area contributed by atoms with Crippen LogP contribution in [0.2, 0.25) is 5.02 Å². The van der Waals surface area contributed by atoms with Crippen molar-refractivity contribution in [3.63, 3.8) is 0 Å². The van der Waals surface area contributed by atoms with E-state index in [9.17, 15) is 4.79 Å². The van der Waals surface area contributed by atoms with Gasteiger partial charge in [0.2, 0.25) is 0 Å². The largest absolute Gasteiger partial charge is 0.495 e. The molecule has 0 aliphatic rings. The van der Waals surface area contributed by atoms with Crippen molar-refractivity contribution in [2.75, 3.05) is 7.11 Å². The third kappa shape index (κ3) is 2.42. The Morgan fingerprint density at radius 1 is 1.53 bits per heavy atom. The zero-order chi connectivity index (χ0) is 11.6. The van der Waals surface area contributed by atoms with E-state index in [0.717, 1.165) is 5.56 Å². The Hall–Kier alpha value is -1.22. The Morgan fingerprint density at radius 3 is 2.60 bits per heavy atom. The van der Waals surface area contributed by atoms with Crippen LogP contribution in [0.25, 0.3) is 0 Å². The maximum Gasteiger partial charge on any atom is 0.310 e. The van der Waals surface area contributed by atoms with Crippen molar-refractivity contribution in [1.82, 2.24) is 0 Å². The number of carboxylic acids is 1. The van der Waals surface area contributed by atoms with Gasteiger partial charge in [0.15, 0.2) is 0 Å². The SMILES string of the molecule is COc1cc(C)cc(C(C)C(=O)O)c1Cl. The second kappa shape index (κ2) is 4.53. The molecule has 1 aromatic rings. The highest BCUT2D eigenvalue weighted by atomic mass is 35.5. The number of hydrogen-bond donors (Lipinski definition) is 1. The molecule has 0 spiro atoms. The van der Waals surface area contributed by atoms with Crippen molar-refractivity contribution < 1.29 is 14.6 Å². The number of aliphatic carboxylic acids is 1. The van der Waals surface area contributed by atoms with Crippen molar-refractivity contribution in [3.8, 4) is 5.75 Å². The van der Waals surface area contributed by atoms with Crippen LogP contribution < -0.4 is 4.74 Å². The number of benzene rings is 1. The molecule has 0 fully saturated rings. The average Bonchev–Trinajstić information content (AvgIpc) is 2.19. The van der Waals surface area contributed by atoms with Gasteiger partial charge in [0, 0.05) is 0 Å². The molecular weight excluding hydrogens is 216 g/mol. The summed E-state index contributed by atoms with van der Waals surface area (Å²) in [7, 11) is 1.51. The fourth-order valence-electron chi connectivity index (χ4n) is 1.36. The van der Waals surface area contributed by atoms with Crippen molar-refractivity contribution in [2.24, 2.45) is 0 Å². The first kappa shape index (κ1) is 11.9. The quantitative estimate of drug-likeness (QED) is 0.865. The Morgan fingerprint density at radius 2 is 2.13 bits per heavy atom. The molecule has 4 heteroatoms. The van der Waals surface area contributed by atoms with Gasteiger partial charge in [0.25, 0.3) is 0 Å². The summed E-state index contributed by atoms with van der Waals surface area (Å²) in [5.74, 6) is -1.02. The Kier molecular flexibility index (Phi) is 3.58. The smallest absolute Gasteiger partial charge is 0.310 e. The second-order valence-corrected chi connectivity index (χ2v) is 3.81. The van der Waals surface area contributed by atoms with Crippen molar-refractivity contribution in [1.29, 1.82) is 0 Å². The molecule has 0 saturated heterocycles. The molecule has 3 nitrogen and oxygen atoms in total. The monoisotopic (exact) mass is 228 g/mol. The molecule has 1 unspecified atom stereocenters. The third-order valence-corrected chi connectivity index (χ3v) is 2.67. The molecule has 0 bridgehead atoms. The summed E-state index contributed by atoms with van der Waals surface area (Å²) < 4.78 is 5.07. The van der Waals surface area contributed by atoms with Gasteiger partial charge in [-0.15, -0.1) is 0 Å². The lowest BCUT2D eigenvalue weighted by molar-refractivity contribution is -0.138. The molecule has 0 saturated carbocycles. The molecule has 1 rings (SSSR count). The van der Waals surface area contributed by atoms with Crippen LogP contribution in [-0.2, 0) is 4.79 Å². The molecule has 15 heavy (non-hydrogen) atoms. The van der Waals surface area contributed by atoms with Crippen molar-refractivity contribution in [2.45, 2.75) is 19.8 Å². The summed E-state index contributed by atoms with van der Waals surface area (Å²) in [4.78, 5) is 10.9. The molecule has 82 valence electrons. The van der Waals surface area contributed by atoms with Crippen LogP contribution in [0, 0.1) is 6.92 Å². The molecule has 0 radical (unpaired) electrons. The summed E-state index contributed by atoms with van der Waals surface area (Å²) in [5, 5.41) is 9.29. The van der Waals surface area contributed by atoms with E-state index in [2.05, 4.69) is 0 Å². The number of halogens is 1. The van der Waals surface area contributed by atoms with E-state index < -0.39 is 11.9 Å². The number of carbonyl (C=O) groups is 1. The summed E-state index contributed by atoms with van der Waals surface area (Å²) in [6.45, 7) is 3.47. The number of ether oxygens (including phenoxy) is 1. The van der Waals surface area contributed by atoms with Crippen LogP contribution in [0.3, 0.4) is 0 Å². The lowest BCUT2D eigenvalue weighted by Crippen LogP contribution is -2.08. The van der Waals surface area contributed by atoms with E-state index in [-0.39, 0.29) is 0 Å². The van der Waals surface area contributed by atoms with Crippen LogP contribution >= 0.6 is 11.6 Å². The number of rotatable bonds is 3. The minimum Gasteiger partial charge on any atom is -0.495 e. The highest BCUT2D eigenvalue weighted by molar-refractivity contribution is 6.33. The predicted molar refractivity (Wildman–Crippen MR) is 58.8 cm³/mol. The van der Waals surface area contributed by atoms with Gasteiger partial charge in [-0.3, -0.25) is 4.79 Å². The van der Waals surface area contributed by atoms with Gasteiger partial charge in [0.05, 0.1) is 18.1 Å². The lowest BCUT2D eigenvalue weighted by atomic mass is 9.99. The highest BCUT2D eigenvalue weighted by Crippen LogP contribution is 2.34. The molecule has 0 aromatic heterocycles. The zero-order valence-electron chi connectivity index (χ0n) is 8.87. The number of carboxylic acid groups (broad SMARTS) is 1. The van der Waals surface area contributed by atoms with E-state index in [4.69, 9.17) is 21.4 Å². The topological polar surface area (TPSA) is 46.5 Å². The van der Waals surface area contributed by atoms with Crippen LogP contribution in [-0.4, -0.2) is 18.2 Å². The predicted octanol–water partition coefficient (Wildman–Crippen LogP) is 2.85. The minimum absolute atomic E-state index is 0.373. The summed E-state index contributed by atoms with van der Waals surface area (Å²) in [6, 6.07) is 3.55. The van der Waals surface area contributed by atoms with E-state index in [0.29, 0.717) is 16.3 Å². The number of hydrogen-bond acceptors (Lipinski definition) is 2. The van der Waals surface area contributed by atoms with E-state index in [1.807, 2.05) is 6.92 Å². The maximum atomic E-state index is 10.9. The second-order valence-electron chi connectivity index (χ2n) is 3.43. The highest BCUT2D eigenvalue weighted by Gasteiger charge is 2.19. The van der Waals surface area contributed by atoms with Gasteiger partial charge in [-0.1, -0.05) is 17.7 Å². The molecule has 0 amide bonds. The Balaban J connectivity index is 3.28. The van der Waals surface area contributed by atoms with E-state index in [1.165, 1.54) is 7.11 Å². The van der Waals surface area contributed by atoms with Crippen molar-refractivity contribution >= 4 is 17.6 Å². The molecule has 1 aromatic carbocycles.